The zero-order chi connectivity index (χ0) is 21.6. The summed E-state index contributed by atoms with van der Waals surface area (Å²) in [6.45, 7) is 5.85. The number of aryl methyl sites for hydroxylation is 2. The average Bonchev–Trinajstić information content (AvgIpc) is 2.89. The van der Waals surface area contributed by atoms with Gasteiger partial charge in [-0.05, 0) is 48.4 Å². The van der Waals surface area contributed by atoms with Crippen molar-refractivity contribution in [2.24, 2.45) is 5.92 Å². The minimum Gasteiger partial charge on any atom is -0.383 e. The van der Waals surface area contributed by atoms with Crippen LogP contribution < -0.4 is 5.32 Å². The summed E-state index contributed by atoms with van der Waals surface area (Å²) in [5, 5.41) is 3.66. The fourth-order valence-electron chi connectivity index (χ4n) is 4.49. The molecule has 0 radical (unpaired) electrons. The van der Waals surface area contributed by atoms with Gasteiger partial charge in [-0.1, -0.05) is 67.1 Å². The summed E-state index contributed by atoms with van der Waals surface area (Å²) in [7, 11) is 0. The Morgan fingerprint density at radius 2 is 2.03 bits per heavy atom. The van der Waals surface area contributed by atoms with Crippen LogP contribution in [-0.4, -0.2) is 28.9 Å². The molecule has 160 valence electrons. The molecule has 3 heterocycles. The molecule has 2 unspecified atom stereocenters. The van der Waals surface area contributed by atoms with Crippen LogP contribution in [0.25, 0.3) is 0 Å². The Hall–Kier alpha value is -3.14. The Labute approximate surface area is 185 Å². The first kappa shape index (κ1) is 21.1. The number of allylic oxidation sites excluding steroid dienone is 3. The van der Waals surface area contributed by atoms with E-state index in [0.29, 0.717) is 18.8 Å². The molecule has 2 atom stereocenters. The molecule has 0 aliphatic carbocycles. The van der Waals surface area contributed by atoms with Crippen molar-refractivity contribution in [2.75, 3.05) is 13.1 Å². The molecule has 1 N–H and O–H groups in total. The highest BCUT2D eigenvalue weighted by Gasteiger charge is 2.34. The van der Waals surface area contributed by atoms with Crippen molar-refractivity contribution in [3.63, 3.8) is 0 Å². The van der Waals surface area contributed by atoms with Gasteiger partial charge in [0.05, 0.1) is 6.04 Å². The first-order chi connectivity index (χ1) is 15.1. The predicted molar refractivity (Wildman–Crippen MR) is 125 cm³/mol. The smallest absolute Gasteiger partial charge is 0.223 e. The first-order valence-electron chi connectivity index (χ1n) is 11.2. The van der Waals surface area contributed by atoms with Gasteiger partial charge < -0.3 is 10.2 Å². The minimum atomic E-state index is -0.0758. The van der Waals surface area contributed by atoms with E-state index in [1.807, 2.05) is 18.3 Å². The van der Waals surface area contributed by atoms with E-state index in [1.54, 1.807) is 6.20 Å². The number of nitrogens with one attached hydrogen (secondary N) is 1. The summed E-state index contributed by atoms with van der Waals surface area (Å²) >= 11 is 0. The molecule has 2 aliphatic rings. The molecule has 4 rings (SSSR count). The largest absolute Gasteiger partial charge is 0.383 e. The number of hydrogen-bond donors (Lipinski definition) is 1. The van der Waals surface area contributed by atoms with Crippen LogP contribution >= 0.6 is 0 Å². The second-order valence-corrected chi connectivity index (χ2v) is 8.43. The zero-order valence-corrected chi connectivity index (χ0v) is 18.4. The van der Waals surface area contributed by atoms with Gasteiger partial charge in [-0.2, -0.15) is 0 Å². The van der Waals surface area contributed by atoms with Crippen LogP contribution in [0.3, 0.4) is 0 Å². The maximum Gasteiger partial charge on any atom is 0.223 e. The molecule has 1 aromatic heterocycles. The Morgan fingerprint density at radius 1 is 1.19 bits per heavy atom. The SMILES string of the molecule is Cc1ccc(C2C3=C(CCN2C(=O)CCc2cccnc2)C(C)/C=C\C=C/CN3)cc1. The van der Waals surface area contributed by atoms with Crippen LogP contribution in [0, 0.1) is 12.8 Å². The van der Waals surface area contributed by atoms with Crippen LogP contribution in [-0.2, 0) is 11.2 Å². The maximum absolute atomic E-state index is 13.4. The summed E-state index contributed by atoms with van der Waals surface area (Å²) < 4.78 is 0. The van der Waals surface area contributed by atoms with Gasteiger partial charge >= 0.3 is 0 Å². The lowest BCUT2D eigenvalue weighted by atomic mass is 9.85. The Morgan fingerprint density at radius 3 is 2.81 bits per heavy atom. The van der Waals surface area contributed by atoms with E-state index in [-0.39, 0.29) is 11.9 Å². The zero-order valence-electron chi connectivity index (χ0n) is 18.4. The molecule has 0 bridgehead atoms. The third kappa shape index (κ3) is 4.96. The lowest BCUT2D eigenvalue weighted by Crippen LogP contribution is -2.44. The van der Waals surface area contributed by atoms with Gasteiger partial charge in [0.15, 0.2) is 0 Å². The first-order valence-corrected chi connectivity index (χ1v) is 11.2. The lowest BCUT2D eigenvalue weighted by molar-refractivity contribution is -0.133. The monoisotopic (exact) mass is 413 g/mol. The molecule has 4 heteroatoms. The molecule has 0 spiro atoms. The highest BCUT2D eigenvalue weighted by Crippen LogP contribution is 2.38. The molecule has 2 aromatic rings. The second kappa shape index (κ2) is 9.78. The number of amides is 1. The van der Waals surface area contributed by atoms with Crippen molar-refractivity contribution in [1.82, 2.24) is 15.2 Å². The lowest BCUT2D eigenvalue weighted by Gasteiger charge is -2.41. The van der Waals surface area contributed by atoms with Crippen LogP contribution in [0.5, 0.6) is 0 Å². The maximum atomic E-state index is 13.4. The summed E-state index contributed by atoms with van der Waals surface area (Å²) in [5.74, 6) is 0.534. The standard InChI is InChI=1S/C27H31N3O/c1-20-9-12-23(13-10-20)27-26-24(21(2)7-4-3-5-17-29-26)15-18-30(27)25(31)14-11-22-8-6-16-28-19-22/h3-10,12-13,16,19,21,27,29H,11,14-15,17-18H2,1-2H3/b5-3-,7-4-. The Balaban J connectivity index is 1.66. The molecule has 1 aromatic carbocycles. The fourth-order valence-corrected chi connectivity index (χ4v) is 4.49. The molecule has 1 amide bonds. The van der Waals surface area contributed by atoms with E-state index in [1.165, 1.54) is 22.4 Å². The van der Waals surface area contributed by atoms with Crippen LogP contribution in [0.4, 0.5) is 0 Å². The number of benzene rings is 1. The van der Waals surface area contributed by atoms with Crippen molar-refractivity contribution in [2.45, 2.75) is 39.2 Å². The average molecular weight is 414 g/mol. The highest BCUT2D eigenvalue weighted by molar-refractivity contribution is 5.78. The third-order valence-electron chi connectivity index (χ3n) is 6.22. The van der Waals surface area contributed by atoms with Crippen molar-refractivity contribution in [3.8, 4) is 0 Å². The van der Waals surface area contributed by atoms with Gasteiger partial charge in [0.1, 0.15) is 0 Å². The normalized spacial score (nSPS) is 23.1. The van der Waals surface area contributed by atoms with Crippen molar-refractivity contribution < 1.29 is 4.79 Å². The van der Waals surface area contributed by atoms with Gasteiger partial charge in [0, 0.05) is 37.6 Å². The number of carbonyl (C=O) groups is 1. The van der Waals surface area contributed by atoms with Crippen LogP contribution in [0.15, 0.2) is 84.4 Å². The van der Waals surface area contributed by atoms with E-state index in [4.69, 9.17) is 0 Å². The number of hydrogen-bond acceptors (Lipinski definition) is 3. The van der Waals surface area contributed by atoms with Crippen molar-refractivity contribution in [3.05, 3.63) is 101 Å². The fraction of sp³-hybridized carbons (Fsp3) is 0.333. The predicted octanol–water partition coefficient (Wildman–Crippen LogP) is 4.90. The number of rotatable bonds is 4. The third-order valence-corrected chi connectivity index (χ3v) is 6.22. The number of carbonyl (C=O) groups excluding carboxylic acids is 1. The van der Waals surface area contributed by atoms with E-state index in [2.05, 4.69) is 77.6 Å². The van der Waals surface area contributed by atoms with E-state index < -0.39 is 0 Å². The summed E-state index contributed by atoms with van der Waals surface area (Å²) in [4.78, 5) is 19.7. The van der Waals surface area contributed by atoms with Crippen LogP contribution in [0.1, 0.15) is 42.5 Å². The number of nitrogens with zero attached hydrogens (tertiary/aromatic N) is 2. The molecule has 4 nitrogen and oxygen atoms in total. The molecule has 0 saturated heterocycles. The minimum absolute atomic E-state index is 0.0758. The van der Waals surface area contributed by atoms with Gasteiger partial charge in [0.25, 0.3) is 0 Å². The summed E-state index contributed by atoms with van der Waals surface area (Å²) in [6, 6.07) is 12.5. The van der Waals surface area contributed by atoms with Crippen molar-refractivity contribution in [1.29, 1.82) is 0 Å². The molecule has 2 aliphatic heterocycles. The highest BCUT2D eigenvalue weighted by atomic mass is 16.2. The molecule has 0 fully saturated rings. The molecule has 0 saturated carbocycles. The van der Waals surface area contributed by atoms with Gasteiger partial charge in [0.2, 0.25) is 5.91 Å². The van der Waals surface area contributed by atoms with Gasteiger partial charge in [-0.15, -0.1) is 0 Å². The van der Waals surface area contributed by atoms with Gasteiger partial charge in [-0.3, -0.25) is 9.78 Å². The molecular formula is C27H31N3O. The van der Waals surface area contributed by atoms with Crippen molar-refractivity contribution >= 4 is 5.91 Å². The van der Waals surface area contributed by atoms with Crippen LogP contribution in [0.2, 0.25) is 0 Å². The Kier molecular flexibility index (Phi) is 6.66. The quantitative estimate of drug-likeness (QED) is 0.775. The second-order valence-electron chi connectivity index (χ2n) is 8.43. The Bertz CT molecular complexity index is 989. The summed E-state index contributed by atoms with van der Waals surface area (Å²) in [5.41, 5.74) is 6.09. The van der Waals surface area contributed by atoms with E-state index in [9.17, 15) is 4.79 Å². The number of aromatic nitrogens is 1. The van der Waals surface area contributed by atoms with E-state index in [0.717, 1.165) is 25.1 Å². The van der Waals surface area contributed by atoms with Gasteiger partial charge in [-0.25, -0.2) is 0 Å². The topological polar surface area (TPSA) is 45.2 Å². The number of pyridine rings is 1. The summed E-state index contributed by atoms with van der Waals surface area (Å²) in [6.07, 6.45) is 14.3. The molecule has 31 heavy (non-hydrogen) atoms. The molecular weight excluding hydrogens is 382 g/mol. The van der Waals surface area contributed by atoms with E-state index >= 15 is 0 Å².